The van der Waals surface area contributed by atoms with E-state index in [1.165, 1.54) is 32.1 Å². The first-order valence-corrected chi connectivity index (χ1v) is 6.72. The first-order valence-electron chi connectivity index (χ1n) is 6.72. The van der Waals surface area contributed by atoms with Gasteiger partial charge in [-0.2, -0.15) is 0 Å². The largest absolute Gasteiger partial charge is 0.478 e. The zero-order chi connectivity index (χ0) is 13.0. The van der Waals surface area contributed by atoms with Crippen LogP contribution in [0.3, 0.4) is 0 Å². The third kappa shape index (κ3) is 3.35. The van der Waals surface area contributed by atoms with Gasteiger partial charge in [0, 0.05) is 0 Å². The van der Waals surface area contributed by atoms with Crippen LogP contribution in [0.15, 0.2) is 10.5 Å². The lowest BCUT2D eigenvalue weighted by molar-refractivity contribution is 0.0695. The minimum Gasteiger partial charge on any atom is -0.478 e. The highest BCUT2D eigenvalue weighted by molar-refractivity contribution is 5.88. The number of likely N-dealkylation sites (tertiary alicyclic amines) is 1. The van der Waals surface area contributed by atoms with Crippen molar-refractivity contribution < 1.29 is 14.3 Å². The molecule has 0 bridgehead atoms. The van der Waals surface area contributed by atoms with Crippen molar-refractivity contribution in [2.24, 2.45) is 0 Å². The molecule has 1 aromatic heterocycles. The van der Waals surface area contributed by atoms with Gasteiger partial charge in [0.15, 0.2) is 0 Å². The number of aryl methyl sites for hydroxylation is 1. The maximum absolute atomic E-state index is 11.0. The summed E-state index contributed by atoms with van der Waals surface area (Å²) >= 11 is 0. The van der Waals surface area contributed by atoms with Crippen molar-refractivity contribution in [2.45, 2.75) is 45.6 Å². The quantitative estimate of drug-likeness (QED) is 0.897. The van der Waals surface area contributed by atoms with Crippen LogP contribution in [0.5, 0.6) is 0 Å². The number of carbonyl (C=O) groups is 1. The van der Waals surface area contributed by atoms with Gasteiger partial charge in [0.05, 0.1) is 6.54 Å². The molecule has 4 nitrogen and oxygen atoms in total. The Bertz CT molecular complexity index is 403. The number of hydrogen-bond donors (Lipinski definition) is 1. The monoisotopic (exact) mass is 251 g/mol. The van der Waals surface area contributed by atoms with Gasteiger partial charge < -0.3 is 9.52 Å². The van der Waals surface area contributed by atoms with Gasteiger partial charge in [-0.1, -0.05) is 19.3 Å². The Morgan fingerprint density at radius 2 is 1.89 bits per heavy atom. The molecule has 0 saturated carbocycles. The van der Waals surface area contributed by atoms with Gasteiger partial charge in [0.25, 0.3) is 0 Å². The summed E-state index contributed by atoms with van der Waals surface area (Å²) in [6, 6.07) is 1.66. The Morgan fingerprint density at radius 1 is 1.28 bits per heavy atom. The lowest BCUT2D eigenvalue weighted by Gasteiger charge is -2.23. The molecule has 1 aliphatic heterocycles. The predicted octanol–water partition coefficient (Wildman–Crippen LogP) is 3.05. The summed E-state index contributed by atoms with van der Waals surface area (Å²) in [5, 5.41) is 8.99. The van der Waals surface area contributed by atoms with E-state index in [0.29, 0.717) is 5.76 Å². The highest BCUT2D eigenvalue weighted by atomic mass is 16.4. The van der Waals surface area contributed by atoms with Crippen LogP contribution in [0, 0.1) is 6.92 Å². The fourth-order valence-corrected chi connectivity index (χ4v) is 2.53. The van der Waals surface area contributed by atoms with Gasteiger partial charge >= 0.3 is 5.97 Å². The standard InChI is InChI=1S/C14H21NO3/c1-11-13(14(16)17)9-12(18-11)10-15-7-5-3-2-4-6-8-15/h9H,2-8,10H2,1H3,(H,16,17). The molecule has 0 atom stereocenters. The normalized spacial score (nSPS) is 18.3. The average Bonchev–Trinajstić information content (AvgIpc) is 2.63. The van der Waals surface area contributed by atoms with E-state index in [1.807, 2.05) is 0 Å². The van der Waals surface area contributed by atoms with Gasteiger partial charge in [0.1, 0.15) is 17.1 Å². The summed E-state index contributed by atoms with van der Waals surface area (Å²) in [6.45, 7) is 4.61. The molecule has 1 fully saturated rings. The molecule has 18 heavy (non-hydrogen) atoms. The minimum absolute atomic E-state index is 0.289. The minimum atomic E-state index is -0.907. The molecular weight excluding hydrogens is 230 g/mol. The van der Waals surface area contributed by atoms with Gasteiger partial charge in [-0.05, 0) is 38.9 Å². The zero-order valence-corrected chi connectivity index (χ0v) is 10.9. The molecule has 1 N–H and O–H groups in total. The van der Waals surface area contributed by atoms with E-state index in [-0.39, 0.29) is 5.56 Å². The molecule has 0 aliphatic carbocycles. The van der Waals surface area contributed by atoms with E-state index in [1.54, 1.807) is 13.0 Å². The number of furan rings is 1. The maximum atomic E-state index is 11.0. The number of carboxylic acids is 1. The highest BCUT2D eigenvalue weighted by Gasteiger charge is 2.16. The number of carboxylic acid groups (broad SMARTS) is 1. The van der Waals surface area contributed by atoms with Crippen LogP contribution < -0.4 is 0 Å². The second kappa shape index (κ2) is 6.05. The summed E-state index contributed by atoms with van der Waals surface area (Å²) in [5.74, 6) is 0.366. The van der Waals surface area contributed by atoms with Crippen molar-refractivity contribution in [2.75, 3.05) is 13.1 Å². The van der Waals surface area contributed by atoms with E-state index in [0.717, 1.165) is 25.4 Å². The third-order valence-electron chi connectivity index (χ3n) is 3.53. The maximum Gasteiger partial charge on any atom is 0.339 e. The highest BCUT2D eigenvalue weighted by Crippen LogP contribution is 2.18. The van der Waals surface area contributed by atoms with E-state index in [2.05, 4.69) is 4.90 Å². The SMILES string of the molecule is Cc1oc(CN2CCCCCCC2)cc1C(=O)O. The van der Waals surface area contributed by atoms with Crippen LogP contribution in [0.25, 0.3) is 0 Å². The fourth-order valence-electron chi connectivity index (χ4n) is 2.53. The number of rotatable bonds is 3. The van der Waals surface area contributed by atoms with Crippen molar-refractivity contribution in [1.29, 1.82) is 0 Å². The summed E-state index contributed by atoms with van der Waals surface area (Å²) in [5.41, 5.74) is 0.289. The van der Waals surface area contributed by atoms with Crippen molar-refractivity contribution in [3.8, 4) is 0 Å². The molecule has 0 radical (unpaired) electrons. The van der Waals surface area contributed by atoms with Crippen LogP contribution in [0.2, 0.25) is 0 Å². The van der Waals surface area contributed by atoms with E-state index in [9.17, 15) is 4.79 Å². The fraction of sp³-hybridized carbons (Fsp3) is 0.643. The second-order valence-corrected chi connectivity index (χ2v) is 5.03. The number of aromatic carboxylic acids is 1. The molecule has 1 aromatic rings. The molecule has 0 unspecified atom stereocenters. The van der Waals surface area contributed by atoms with Gasteiger partial charge in [-0.3, -0.25) is 4.90 Å². The van der Waals surface area contributed by atoms with Crippen molar-refractivity contribution in [1.82, 2.24) is 4.90 Å². The van der Waals surface area contributed by atoms with Gasteiger partial charge in [-0.15, -0.1) is 0 Å². The topological polar surface area (TPSA) is 53.7 Å². The first kappa shape index (κ1) is 13.1. The van der Waals surface area contributed by atoms with E-state index >= 15 is 0 Å². The Morgan fingerprint density at radius 3 is 2.44 bits per heavy atom. The van der Waals surface area contributed by atoms with Crippen LogP contribution in [-0.4, -0.2) is 29.1 Å². The van der Waals surface area contributed by atoms with Gasteiger partial charge in [0.2, 0.25) is 0 Å². The molecular formula is C14H21NO3. The smallest absolute Gasteiger partial charge is 0.339 e. The Balaban J connectivity index is 1.99. The number of nitrogens with zero attached hydrogens (tertiary/aromatic N) is 1. The van der Waals surface area contributed by atoms with Crippen LogP contribution in [0.1, 0.15) is 54.0 Å². The molecule has 0 aromatic carbocycles. The molecule has 0 amide bonds. The average molecular weight is 251 g/mol. The van der Waals surface area contributed by atoms with Gasteiger partial charge in [-0.25, -0.2) is 4.79 Å². The summed E-state index contributed by atoms with van der Waals surface area (Å²) in [6.07, 6.45) is 6.40. The predicted molar refractivity (Wildman–Crippen MR) is 68.8 cm³/mol. The zero-order valence-electron chi connectivity index (χ0n) is 10.9. The Hall–Kier alpha value is -1.29. The lowest BCUT2D eigenvalue weighted by atomic mass is 10.1. The van der Waals surface area contributed by atoms with Crippen molar-refractivity contribution >= 4 is 5.97 Å². The van der Waals surface area contributed by atoms with Crippen molar-refractivity contribution in [3.05, 3.63) is 23.2 Å². The molecule has 100 valence electrons. The summed E-state index contributed by atoms with van der Waals surface area (Å²) in [7, 11) is 0. The third-order valence-corrected chi connectivity index (χ3v) is 3.53. The Kier molecular flexibility index (Phi) is 4.42. The van der Waals surface area contributed by atoms with Crippen LogP contribution in [-0.2, 0) is 6.54 Å². The summed E-state index contributed by atoms with van der Waals surface area (Å²) < 4.78 is 5.53. The summed E-state index contributed by atoms with van der Waals surface area (Å²) in [4.78, 5) is 13.3. The van der Waals surface area contributed by atoms with E-state index < -0.39 is 5.97 Å². The molecule has 1 aliphatic rings. The van der Waals surface area contributed by atoms with Crippen LogP contribution in [0.4, 0.5) is 0 Å². The molecule has 2 heterocycles. The second-order valence-electron chi connectivity index (χ2n) is 5.03. The lowest BCUT2D eigenvalue weighted by Crippen LogP contribution is -2.26. The molecule has 1 saturated heterocycles. The van der Waals surface area contributed by atoms with Crippen molar-refractivity contribution in [3.63, 3.8) is 0 Å². The first-order chi connectivity index (χ1) is 8.66. The molecule has 2 rings (SSSR count). The van der Waals surface area contributed by atoms with E-state index in [4.69, 9.17) is 9.52 Å². The van der Waals surface area contributed by atoms with Crippen LogP contribution >= 0.6 is 0 Å². The molecule has 0 spiro atoms. The Labute approximate surface area is 108 Å². The number of hydrogen-bond acceptors (Lipinski definition) is 3. The molecule has 4 heteroatoms.